The third-order valence-corrected chi connectivity index (χ3v) is 6.30. The van der Waals surface area contributed by atoms with Gasteiger partial charge in [0.05, 0.1) is 22.3 Å². The molecule has 33 heavy (non-hydrogen) atoms. The Morgan fingerprint density at radius 2 is 1.73 bits per heavy atom. The highest BCUT2D eigenvalue weighted by atomic mass is 35.5. The van der Waals surface area contributed by atoms with Crippen LogP contribution in [0.25, 0.3) is 0 Å². The van der Waals surface area contributed by atoms with E-state index in [0.29, 0.717) is 16.3 Å². The number of fused-ring (bicyclic) bond motifs is 1. The van der Waals surface area contributed by atoms with E-state index in [2.05, 4.69) is 16.0 Å². The molecular weight excluding hydrogens is 461 g/mol. The van der Waals surface area contributed by atoms with Crippen LogP contribution in [0.15, 0.2) is 66.7 Å². The third-order valence-electron chi connectivity index (χ3n) is 5.78. The number of urea groups is 1. The van der Waals surface area contributed by atoms with Crippen LogP contribution >= 0.6 is 23.2 Å². The zero-order valence-electron chi connectivity index (χ0n) is 17.9. The summed E-state index contributed by atoms with van der Waals surface area (Å²) in [6.45, 7) is 3.42. The molecule has 1 aliphatic rings. The first-order valence-corrected chi connectivity index (χ1v) is 11.0. The number of rotatable bonds is 4. The van der Waals surface area contributed by atoms with Crippen LogP contribution in [0.2, 0.25) is 10.0 Å². The van der Waals surface area contributed by atoms with Crippen LogP contribution in [-0.2, 0) is 10.2 Å². The van der Waals surface area contributed by atoms with Gasteiger partial charge in [-0.05, 0) is 49.2 Å². The lowest BCUT2D eigenvalue weighted by Crippen LogP contribution is -2.48. The second-order valence-corrected chi connectivity index (χ2v) is 8.87. The Morgan fingerprint density at radius 3 is 2.45 bits per heavy atom. The Kier molecular flexibility index (Phi) is 6.15. The molecule has 0 saturated carbocycles. The Morgan fingerprint density at radius 1 is 1.00 bits per heavy atom. The fraction of sp³-hybridized carbons (Fsp3) is 0.160. The highest BCUT2D eigenvalue weighted by molar-refractivity contribution is 6.41. The molecule has 3 aromatic carbocycles. The summed E-state index contributed by atoms with van der Waals surface area (Å²) in [5.74, 6) is -0.945. The molecule has 3 N–H and O–H groups in total. The predicted molar refractivity (Wildman–Crippen MR) is 130 cm³/mol. The summed E-state index contributed by atoms with van der Waals surface area (Å²) in [6, 6.07) is 18.6. The summed E-state index contributed by atoms with van der Waals surface area (Å²) in [7, 11) is 0. The second kappa shape index (κ2) is 8.89. The van der Waals surface area contributed by atoms with E-state index < -0.39 is 23.1 Å². The molecule has 1 heterocycles. The maximum Gasteiger partial charge on any atom is 0.319 e. The SMILES string of the molecule is C[C@@H](NC(=O)Nc1cccc([C@@]2(C)C(=O)Nc3cc(Cl)cc(Cl)c3C2=O)c1)c1ccccc1. The standard InChI is InChI=1S/C25H21Cl2N3O3/c1-14(15-7-4-3-5-8-15)28-24(33)29-18-10-6-9-16(11-18)25(2)22(31)21-19(27)12-17(26)13-20(21)30-23(25)32/h3-14H,1-2H3,(H,30,32)(H2,28,29,33)/t14-,25-/m1/s1. The van der Waals surface area contributed by atoms with Crippen molar-refractivity contribution in [3.8, 4) is 0 Å². The summed E-state index contributed by atoms with van der Waals surface area (Å²) in [5, 5.41) is 8.86. The van der Waals surface area contributed by atoms with Gasteiger partial charge in [0.15, 0.2) is 5.78 Å². The van der Waals surface area contributed by atoms with Gasteiger partial charge in [-0.3, -0.25) is 9.59 Å². The first-order valence-electron chi connectivity index (χ1n) is 10.3. The summed E-state index contributed by atoms with van der Waals surface area (Å²) in [6.07, 6.45) is 0. The number of halogens is 2. The molecule has 4 rings (SSSR count). The Labute approximate surface area is 201 Å². The van der Waals surface area contributed by atoms with E-state index >= 15 is 0 Å². The van der Waals surface area contributed by atoms with Gasteiger partial charge in [0.2, 0.25) is 5.91 Å². The molecule has 0 saturated heterocycles. The van der Waals surface area contributed by atoms with Crippen LogP contribution in [-0.4, -0.2) is 17.7 Å². The number of carbonyl (C=O) groups is 3. The van der Waals surface area contributed by atoms with Crippen molar-refractivity contribution >= 4 is 52.3 Å². The lowest BCUT2D eigenvalue weighted by molar-refractivity contribution is -0.119. The zero-order chi connectivity index (χ0) is 23.8. The minimum atomic E-state index is -1.53. The number of benzene rings is 3. The first-order chi connectivity index (χ1) is 15.7. The molecule has 0 fully saturated rings. The lowest BCUT2D eigenvalue weighted by Gasteiger charge is -2.33. The van der Waals surface area contributed by atoms with Gasteiger partial charge in [-0.1, -0.05) is 65.7 Å². The van der Waals surface area contributed by atoms with Gasteiger partial charge in [-0.15, -0.1) is 0 Å². The van der Waals surface area contributed by atoms with Crippen molar-refractivity contribution in [2.45, 2.75) is 25.3 Å². The van der Waals surface area contributed by atoms with Crippen LogP contribution in [0.5, 0.6) is 0 Å². The highest BCUT2D eigenvalue weighted by Gasteiger charge is 2.48. The molecule has 168 valence electrons. The molecule has 8 heteroatoms. The van der Waals surface area contributed by atoms with E-state index in [1.54, 1.807) is 24.3 Å². The van der Waals surface area contributed by atoms with Crippen molar-refractivity contribution in [3.63, 3.8) is 0 Å². The molecule has 0 spiro atoms. The molecule has 0 radical (unpaired) electrons. The van der Waals surface area contributed by atoms with Crippen molar-refractivity contribution in [3.05, 3.63) is 93.5 Å². The second-order valence-electron chi connectivity index (χ2n) is 8.03. The molecular formula is C25H21Cl2N3O3. The smallest absolute Gasteiger partial charge is 0.319 e. The van der Waals surface area contributed by atoms with Crippen molar-refractivity contribution in [1.82, 2.24) is 5.32 Å². The largest absolute Gasteiger partial charge is 0.331 e. The predicted octanol–water partition coefficient (Wildman–Crippen LogP) is 5.97. The summed E-state index contributed by atoms with van der Waals surface area (Å²) >= 11 is 12.3. The maximum absolute atomic E-state index is 13.4. The van der Waals surface area contributed by atoms with E-state index in [0.717, 1.165) is 5.56 Å². The number of anilines is 2. The molecule has 3 amide bonds. The minimum absolute atomic E-state index is 0.164. The van der Waals surface area contributed by atoms with Crippen molar-refractivity contribution < 1.29 is 14.4 Å². The van der Waals surface area contributed by atoms with Gasteiger partial charge in [0.25, 0.3) is 0 Å². The first kappa shape index (κ1) is 22.8. The summed E-state index contributed by atoms with van der Waals surface area (Å²) in [5.41, 5.74) is 0.792. The summed E-state index contributed by atoms with van der Waals surface area (Å²) < 4.78 is 0. The summed E-state index contributed by atoms with van der Waals surface area (Å²) in [4.78, 5) is 39.0. The monoisotopic (exact) mass is 481 g/mol. The molecule has 0 aromatic heterocycles. The van der Waals surface area contributed by atoms with E-state index in [9.17, 15) is 14.4 Å². The molecule has 0 aliphatic carbocycles. The molecule has 2 atom stereocenters. The fourth-order valence-corrected chi connectivity index (χ4v) is 4.44. The van der Waals surface area contributed by atoms with Crippen molar-refractivity contribution in [2.75, 3.05) is 10.6 Å². The minimum Gasteiger partial charge on any atom is -0.331 e. The van der Waals surface area contributed by atoms with Gasteiger partial charge in [-0.25, -0.2) is 4.79 Å². The van der Waals surface area contributed by atoms with E-state index in [4.69, 9.17) is 23.2 Å². The normalized spacial score (nSPS) is 18.2. The molecule has 3 aromatic rings. The van der Waals surface area contributed by atoms with Gasteiger partial charge >= 0.3 is 6.03 Å². The Hall–Kier alpha value is -3.35. The number of hydrogen-bond acceptors (Lipinski definition) is 3. The number of ketones is 1. The Balaban J connectivity index is 1.58. The number of amides is 3. The van der Waals surface area contributed by atoms with Crippen LogP contribution in [0.1, 0.15) is 41.4 Å². The number of Topliss-reactive ketones (excluding diaryl/α,β-unsaturated/α-hetero) is 1. The zero-order valence-corrected chi connectivity index (χ0v) is 19.4. The highest BCUT2D eigenvalue weighted by Crippen LogP contribution is 2.41. The topological polar surface area (TPSA) is 87.3 Å². The number of carbonyl (C=O) groups excluding carboxylic acids is 3. The van der Waals surface area contributed by atoms with Gasteiger partial charge in [-0.2, -0.15) is 0 Å². The molecule has 0 bridgehead atoms. The maximum atomic E-state index is 13.4. The van der Waals surface area contributed by atoms with Crippen molar-refractivity contribution in [1.29, 1.82) is 0 Å². The molecule has 0 unspecified atom stereocenters. The van der Waals surface area contributed by atoms with E-state index in [-0.39, 0.29) is 22.3 Å². The third kappa shape index (κ3) is 4.32. The van der Waals surface area contributed by atoms with Crippen molar-refractivity contribution in [2.24, 2.45) is 0 Å². The fourth-order valence-electron chi connectivity index (χ4n) is 3.86. The van der Waals surface area contributed by atoms with Gasteiger partial charge in [0, 0.05) is 10.7 Å². The molecule has 6 nitrogen and oxygen atoms in total. The van der Waals surface area contributed by atoms with Crippen LogP contribution in [0.3, 0.4) is 0 Å². The average Bonchev–Trinajstić information content (AvgIpc) is 2.77. The lowest BCUT2D eigenvalue weighted by atomic mass is 9.73. The average molecular weight is 482 g/mol. The van der Waals surface area contributed by atoms with E-state index in [1.807, 2.05) is 37.3 Å². The van der Waals surface area contributed by atoms with Gasteiger partial charge < -0.3 is 16.0 Å². The quantitative estimate of drug-likeness (QED) is 0.401. The number of hydrogen-bond donors (Lipinski definition) is 3. The van der Waals surface area contributed by atoms with Crippen LogP contribution in [0.4, 0.5) is 16.2 Å². The Bertz CT molecular complexity index is 1260. The number of nitrogens with one attached hydrogen (secondary N) is 3. The van der Waals surface area contributed by atoms with E-state index in [1.165, 1.54) is 19.1 Å². The van der Waals surface area contributed by atoms with Gasteiger partial charge in [0.1, 0.15) is 5.41 Å². The van der Waals surface area contributed by atoms with Crippen LogP contribution < -0.4 is 16.0 Å². The molecule has 1 aliphatic heterocycles. The van der Waals surface area contributed by atoms with Crippen LogP contribution in [0, 0.1) is 0 Å².